The number of hydrogen-bond acceptors (Lipinski definition) is 3. The van der Waals surface area contributed by atoms with Crippen molar-refractivity contribution < 1.29 is 19.5 Å². The van der Waals surface area contributed by atoms with E-state index >= 15 is 0 Å². The van der Waals surface area contributed by atoms with Crippen molar-refractivity contribution in [3.05, 3.63) is 0 Å². The third kappa shape index (κ3) is 4.39. The van der Waals surface area contributed by atoms with E-state index in [-0.39, 0.29) is 24.0 Å². The highest BCUT2D eigenvalue weighted by Gasteiger charge is 2.33. The average Bonchev–Trinajstić information content (AvgIpc) is 2.64. The molecule has 0 heterocycles. The van der Waals surface area contributed by atoms with E-state index in [1.54, 1.807) is 0 Å². The zero-order valence-corrected chi connectivity index (χ0v) is 9.65. The topological polar surface area (TPSA) is 71.4 Å². The number of unbranched alkanes of at least 4 members (excludes halogenated alkanes) is 1. The van der Waals surface area contributed by atoms with Crippen molar-refractivity contribution >= 4 is 18.0 Å². The summed E-state index contributed by atoms with van der Waals surface area (Å²) in [5.74, 6) is 4.62. The molecule has 1 N–H and O–H groups in total. The molecule has 1 aliphatic rings. The maximum atomic E-state index is 11.4. The number of hydrogen-bond donors (Lipinski definition) is 1. The Morgan fingerprint density at radius 1 is 1.47 bits per heavy atom. The minimum atomic E-state index is -0.821. The maximum Gasteiger partial charge on any atom is 0.303 e. The highest BCUT2D eigenvalue weighted by atomic mass is 16.4. The molecule has 1 rings (SSSR count). The molecule has 0 aromatic carbocycles. The van der Waals surface area contributed by atoms with Gasteiger partial charge in [0.2, 0.25) is 0 Å². The van der Waals surface area contributed by atoms with Crippen LogP contribution in [-0.4, -0.2) is 23.1 Å². The van der Waals surface area contributed by atoms with Crippen LogP contribution in [0.2, 0.25) is 0 Å². The Hall–Kier alpha value is -1.63. The van der Waals surface area contributed by atoms with E-state index < -0.39 is 5.97 Å². The minimum absolute atomic E-state index is 0.119. The molecule has 0 amide bonds. The second kappa shape index (κ2) is 6.85. The molecule has 0 aromatic heterocycles. The first-order chi connectivity index (χ1) is 8.15. The van der Waals surface area contributed by atoms with Gasteiger partial charge in [-0.3, -0.25) is 9.59 Å². The number of ketones is 1. The normalized spacial score (nSPS) is 22.9. The van der Waals surface area contributed by atoms with Crippen LogP contribution in [0.1, 0.15) is 38.5 Å². The Bertz CT molecular complexity index is 361. The predicted molar refractivity (Wildman–Crippen MR) is 61.2 cm³/mol. The summed E-state index contributed by atoms with van der Waals surface area (Å²) in [4.78, 5) is 32.4. The first-order valence-electron chi connectivity index (χ1n) is 5.80. The van der Waals surface area contributed by atoms with Gasteiger partial charge in [0.25, 0.3) is 0 Å². The molecule has 0 aromatic rings. The van der Waals surface area contributed by atoms with Gasteiger partial charge in [0.1, 0.15) is 12.1 Å². The van der Waals surface area contributed by atoms with Gasteiger partial charge in [0, 0.05) is 37.5 Å². The molecule has 2 atom stereocenters. The van der Waals surface area contributed by atoms with Crippen LogP contribution in [0.5, 0.6) is 0 Å². The van der Waals surface area contributed by atoms with Gasteiger partial charge in [0.05, 0.1) is 0 Å². The molecule has 17 heavy (non-hydrogen) atoms. The molecular formula is C13H16O4. The lowest BCUT2D eigenvalue weighted by atomic mass is 9.94. The molecule has 0 bridgehead atoms. The van der Waals surface area contributed by atoms with Gasteiger partial charge >= 0.3 is 5.97 Å². The Kier molecular flexibility index (Phi) is 5.41. The number of Topliss-reactive ketones (excluding diaryl/α,β-unsaturated/α-hetero) is 1. The maximum absolute atomic E-state index is 11.4. The summed E-state index contributed by atoms with van der Waals surface area (Å²) in [6.45, 7) is 0. The van der Waals surface area contributed by atoms with E-state index in [1.807, 2.05) is 0 Å². The average molecular weight is 236 g/mol. The van der Waals surface area contributed by atoms with E-state index in [0.717, 1.165) is 6.29 Å². The van der Waals surface area contributed by atoms with Crippen molar-refractivity contribution in [2.75, 3.05) is 0 Å². The second-order valence-corrected chi connectivity index (χ2v) is 4.22. The zero-order valence-electron chi connectivity index (χ0n) is 9.65. The summed E-state index contributed by atoms with van der Waals surface area (Å²) in [5, 5.41) is 8.41. The second-order valence-electron chi connectivity index (χ2n) is 4.22. The third-order valence-electron chi connectivity index (χ3n) is 2.97. The third-order valence-corrected chi connectivity index (χ3v) is 2.97. The van der Waals surface area contributed by atoms with Crippen LogP contribution in [0.15, 0.2) is 0 Å². The summed E-state index contributed by atoms with van der Waals surface area (Å²) in [6, 6.07) is 0. The first kappa shape index (κ1) is 13.4. The monoisotopic (exact) mass is 236 g/mol. The fourth-order valence-electron chi connectivity index (χ4n) is 1.96. The van der Waals surface area contributed by atoms with Crippen LogP contribution in [-0.2, 0) is 14.4 Å². The van der Waals surface area contributed by atoms with Crippen LogP contribution in [0.25, 0.3) is 0 Å². The van der Waals surface area contributed by atoms with E-state index in [2.05, 4.69) is 11.8 Å². The fourth-order valence-corrected chi connectivity index (χ4v) is 1.96. The van der Waals surface area contributed by atoms with Crippen molar-refractivity contribution in [1.29, 1.82) is 0 Å². The zero-order chi connectivity index (χ0) is 12.7. The number of aldehydes is 1. The smallest absolute Gasteiger partial charge is 0.303 e. The largest absolute Gasteiger partial charge is 0.481 e. The molecular weight excluding hydrogens is 220 g/mol. The molecule has 0 radical (unpaired) electrons. The SMILES string of the molecule is O=CC1CCC(=O)C1CC#CCCCC(=O)O. The number of carbonyl (C=O) groups excluding carboxylic acids is 2. The Morgan fingerprint density at radius 3 is 2.88 bits per heavy atom. The van der Waals surface area contributed by atoms with E-state index in [4.69, 9.17) is 5.11 Å². The van der Waals surface area contributed by atoms with Crippen molar-refractivity contribution in [3.8, 4) is 11.8 Å². The van der Waals surface area contributed by atoms with E-state index in [1.165, 1.54) is 0 Å². The minimum Gasteiger partial charge on any atom is -0.481 e. The molecule has 4 nitrogen and oxygen atoms in total. The Labute approximate surface area is 100 Å². The molecule has 92 valence electrons. The molecule has 1 aliphatic carbocycles. The predicted octanol–water partition coefficient (Wildman–Crippen LogP) is 1.43. The van der Waals surface area contributed by atoms with Crippen LogP contribution in [0.4, 0.5) is 0 Å². The number of carboxylic acid groups (broad SMARTS) is 1. The molecule has 1 saturated carbocycles. The van der Waals surface area contributed by atoms with Gasteiger partial charge in [-0.25, -0.2) is 0 Å². The van der Waals surface area contributed by atoms with Gasteiger partial charge in [-0.2, -0.15) is 0 Å². The summed E-state index contributed by atoms with van der Waals surface area (Å²) in [6.07, 6.45) is 3.57. The van der Waals surface area contributed by atoms with Crippen molar-refractivity contribution in [2.45, 2.75) is 38.5 Å². The van der Waals surface area contributed by atoms with E-state index in [9.17, 15) is 14.4 Å². The summed E-state index contributed by atoms with van der Waals surface area (Å²) >= 11 is 0. The lowest BCUT2D eigenvalue weighted by molar-refractivity contribution is -0.137. The van der Waals surface area contributed by atoms with Crippen LogP contribution < -0.4 is 0 Å². The molecule has 2 unspecified atom stereocenters. The van der Waals surface area contributed by atoms with Crippen LogP contribution >= 0.6 is 0 Å². The van der Waals surface area contributed by atoms with Crippen LogP contribution in [0, 0.1) is 23.7 Å². The number of carbonyl (C=O) groups is 3. The molecule has 1 fully saturated rings. The Balaban J connectivity index is 2.29. The number of aliphatic carboxylic acids is 1. The number of carboxylic acids is 1. The molecule has 0 spiro atoms. The quantitative estimate of drug-likeness (QED) is 0.445. The van der Waals surface area contributed by atoms with Gasteiger partial charge in [-0.15, -0.1) is 11.8 Å². The lowest BCUT2D eigenvalue weighted by Gasteiger charge is -2.07. The van der Waals surface area contributed by atoms with E-state index in [0.29, 0.717) is 32.1 Å². The molecule has 0 aliphatic heterocycles. The summed E-state index contributed by atoms with van der Waals surface area (Å²) in [5.41, 5.74) is 0. The molecule has 0 saturated heterocycles. The van der Waals surface area contributed by atoms with Gasteiger partial charge in [0.15, 0.2) is 0 Å². The first-order valence-corrected chi connectivity index (χ1v) is 5.80. The van der Waals surface area contributed by atoms with Gasteiger partial charge in [-0.05, 0) is 12.8 Å². The highest BCUT2D eigenvalue weighted by molar-refractivity contribution is 5.87. The summed E-state index contributed by atoms with van der Waals surface area (Å²) in [7, 11) is 0. The van der Waals surface area contributed by atoms with Gasteiger partial charge < -0.3 is 9.90 Å². The summed E-state index contributed by atoms with van der Waals surface area (Å²) < 4.78 is 0. The molecule has 4 heteroatoms. The van der Waals surface area contributed by atoms with Crippen molar-refractivity contribution in [2.24, 2.45) is 11.8 Å². The van der Waals surface area contributed by atoms with Gasteiger partial charge in [-0.1, -0.05) is 0 Å². The standard InChI is InChI=1S/C13H16O4/c14-9-10-7-8-12(15)11(10)5-3-1-2-4-6-13(16)17/h9-11H,2,4-8H2,(H,16,17). The number of rotatable bonds is 5. The van der Waals surface area contributed by atoms with Crippen molar-refractivity contribution in [1.82, 2.24) is 0 Å². The highest BCUT2D eigenvalue weighted by Crippen LogP contribution is 2.29. The van der Waals surface area contributed by atoms with Crippen LogP contribution in [0.3, 0.4) is 0 Å². The lowest BCUT2D eigenvalue weighted by Crippen LogP contribution is -2.14. The fraction of sp³-hybridized carbons (Fsp3) is 0.615. The Morgan fingerprint density at radius 2 is 2.24 bits per heavy atom. The van der Waals surface area contributed by atoms with Crippen molar-refractivity contribution in [3.63, 3.8) is 0 Å².